The van der Waals surface area contributed by atoms with Gasteiger partial charge in [-0.3, -0.25) is 0 Å². The molecule has 0 aliphatic carbocycles. The van der Waals surface area contributed by atoms with Crippen molar-refractivity contribution in [3.8, 4) is 0 Å². The summed E-state index contributed by atoms with van der Waals surface area (Å²) in [5.41, 5.74) is 0. The van der Waals surface area contributed by atoms with E-state index in [2.05, 4.69) is 12.2 Å². The van der Waals surface area contributed by atoms with Gasteiger partial charge in [-0.1, -0.05) is 0 Å². The Kier molecular flexibility index (Phi) is 9.11. The van der Waals surface area contributed by atoms with Crippen LogP contribution in [0.25, 0.3) is 0 Å². The summed E-state index contributed by atoms with van der Waals surface area (Å²) in [6.07, 6.45) is 3.34. The molecule has 1 rings (SSSR count). The molecule has 1 saturated heterocycles. The monoisotopic (exact) mass is 260 g/mol. The molecule has 3 heteroatoms. The van der Waals surface area contributed by atoms with Crippen molar-refractivity contribution in [3.63, 3.8) is 0 Å². The molecule has 1 N–H and O–H groups in total. The van der Waals surface area contributed by atoms with Gasteiger partial charge in [0.1, 0.15) is 0 Å². The Morgan fingerprint density at radius 3 is 2.50 bits per heavy atom. The quantitative estimate of drug-likeness (QED) is 0.567. The van der Waals surface area contributed by atoms with Crippen LogP contribution >= 0.6 is 0 Å². The van der Waals surface area contributed by atoms with Crippen LogP contribution in [0.5, 0.6) is 0 Å². The number of hydrogen-bond acceptors (Lipinski definition) is 2. The van der Waals surface area contributed by atoms with Crippen LogP contribution in [-0.4, -0.2) is 19.7 Å². The third-order valence-electron chi connectivity index (χ3n) is 1.47. The van der Waals surface area contributed by atoms with Crippen molar-refractivity contribution in [2.24, 2.45) is 0 Å². The molecule has 0 bridgehead atoms. The number of rotatable bonds is 2. The van der Waals surface area contributed by atoms with Crippen molar-refractivity contribution in [2.75, 3.05) is 19.7 Å². The Morgan fingerprint density at radius 2 is 2.00 bits per heavy atom. The summed E-state index contributed by atoms with van der Waals surface area (Å²) in [6.45, 7) is 6.32. The fourth-order valence-corrected chi connectivity index (χ4v) is 0.994. The normalized spacial score (nSPS) is 20.1. The number of nitrogens with one attached hydrogen (secondary N) is 1. The van der Waals surface area contributed by atoms with E-state index in [1.54, 1.807) is 0 Å². The molecular weight excluding hydrogens is 247 g/mol. The molecule has 0 saturated carbocycles. The average molecular weight is 260 g/mol. The van der Waals surface area contributed by atoms with Crippen LogP contribution in [0.2, 0.25) is 0 Å². The Balaban J connectivity index is 0.000000810. The predicted octanol–water partition coefficient (Wildman–Crippen LogP) is -2.24. The molecule has 0 aromatic carbocycles. The first-order valence-corrected chi connectivity index (χ1v) is 3.41. The average Bonchev–Trinajstić information content (AvgIpc) is 1.91. The molecular formula is C7H13CsNO-. The maximum atomic E-state index is 5.25. The minimum Gasteiger partial charge on any atom is -0.575 e. The van der Waals surface area contributed by atoms with Gasteiger partial charge in [0, 0.05) is 0 Å². The molecule has 0 unspecified atom stereocenters. The largest absolute Gasteiger partial charge is 1.00 e. The topological polar surface area (TPSA) is 21.3 Å². The first-order valence-electron chi connectivity index (χ1n) is 3.41. The Labute approximate surface area is 122 Å². The fraction of sp³-hybridized carbons (Fsp3) is 0.714. The van der Waals surface area contributed by atoms with E-state index in [0.717, 1.165) is 25.9 Å². The van der Waals surface area contributed by atoms with E-state index in [1.807, 2.05) is 0 Å². The summed E-state index contributed by atoms with van der Waals surface area (Å²) in [4.78, 5) is 0. The number of hydrogen-bond donors (Lipinski definition) is 1. The maximum Gasteiger partial charge on any atom is 1.00 e. The van der Waals surface area contributed by atoms with Gasteiger partial charge in [-0.05, 0) is 13.1 Å². The van der Waals surface area contributed by atoms with Gasteiger partial charge in [-0.2, -0.15) is 6.10 Å². The van der Waals surface area contributed by atoms with Gasteiger partial charge in [0.2, 0.25) is 0 Å². The molecule has 54 valence electrons. The zero-order valence-electron chi connectivity index (χ0n) is 6.65. The predicted molar refractivity (Wildman–Crippen MR) is 36.7 cm³/mol. The fourth-order valence-electron chi connectivity index (χ4n) is 0.994. The van der Waals surface area contributed by atoms with Crippen LogP contribution in [-0.2, 0) is 4.74 Å². The standard InChI is InChI=1S/C7H13NO.Cs/c1-2-9-7-3-5-8-6-4-7;/h8H,1-6H2;/q-2;+1. The first-order chi connectivity index (χ1) is 4.43. The molecule has 0 spiro atoms. The van der Waals surface area contributed by atoms with Crippen LogP contribution in [0.1, 0.15) is 12.8 Å². The van der Waals surface area contributed by atoms with E-state index in [0.29, 0.717) is 6.61 Å². The van der Waals surface area contributed by atoms with E-state index in [4.69, 9.17) is 4.74 Å². The van der Waals surface area contributed by atoms with Crippen LogP contribution in [0, 0.1) is 13.0 Å². The van der Waals surface area contributed by atoms with Gasteiger partial charge >= 0.3 is 68.9 Å². The SMILES string of the molecule is [CH2-]CO[C-]1CCNCC1.[Cs+]. The summed E-state index contributed by atoms with van der Waals surface area (Å²) in [6, 6.07) is 0. The van der Waals surface area contributed by atoms with Gasteiger partial charge in [0.25, 0.3) is 0 Å². The zero-order chi connectivity index (χ0) is 6.53. The minimum absolute atomic E-state index is 0. The summed E-state index contributed by atoms with van der Waals surface area (Å²) >= 11 is 0. The molecule has 1 aliphatic heterocycles. The Morgan fingerprint density at radius 1 is 1.40 bits per heavy atom. The van der Waals surface area contributed by atoms with Crippen molar-refractivity contribution >= 4 is 0 Å². The van der Waals surface area contributed by atoms with E-state index in [1.165, 1.54) is 6.10 Å². The summed E-state index contributed by atoms with van der Waals surface area (Å²) < 4.78 is 5.25. The second kappa shape index (κ2) is 7.61. The number of piperidine rings is 1. The first kappa shape index (κ1) is 12.0. The molecule has 10 heavy (non-hydrogen) atoms. The minimum atomic E-state index is 0. The molecule has 2 nitrogen and oxygen atoms in total. The number of ether oxygens (including phenoxy) is 1. The van der Waals surface area contributed by atoms with Crippen molar-refractivity contribution in [2.45, 2.75) is 12.8 Å². The smallest absolute Gasteiger partial charge is 0.575 e. The zero-order valence-corrected chi connectivity index (χ0v) is 12.9. The van der Waals surface area contributed by atoms with Crippen LogP contribution < -0.4 is 74.2 Å². The van der Waals surface area contributed by atoms with E-state index < -0.39 is 0 Å². The van der Waals surface area contributed by atoms with Gasteiger partial charge in [0.05, 0.1) is 0 Å². The second-order valence-electron chi connectivity index (χ2n) is 2.14. The van der Waals surface area contributed by atoms with Crippen molar-refractivity contribution in [1.29, 1.82) is 0 Å². The van der Waals surface area contributed by atoms with E-state index in [9.17, 15) is 0 Å². The van der Waals surface area contributed by atoms with Gasteiger partial charge in [-0.25, -0.2) is 0 Å². The van der Waals surface area contributed by atoms with Crippen molar-refractivity contribution < 1.29 is 73.6 Å². The Hall–Kier alpha value is 1.97. The molecule has 0 aromatic heterocycles. The molecule has 0 radical (unpaired) electrons. The summed E-state index contributed by atoms with van der Waals surface area (Å²) in [5.74, 6) is 0. The van der Waals surface area contributed by atoms with Crippen LogP contribution in [0.3, 0.4) is 0 Å². The van der Waals surface area contributed by atoms with Gasteiger partial charge in [-0.15, -0.1) is 19.4 Å². The molecule has 0 amide bonds. The summed E-state index contributed by atoms with van der Waals surface area (Å²) in [7, 11) is 0. The molecule has 0 atom stereocenters. The third kappa shape index (κ3) is 4.77. The van der Waals surface area contributed by atoms with Crippen molar-refractivity contribution in [3.05, 3.63) is 13.0 Å². The van der Waals surface area contributed by atoms with Crippen LogP contribution in [0.15, 0.2) is 0 Å². The molecule has 0 aromatic rings. The van der Waals surface area contributed by atoms with E-state index >= 15 is 0 Å². The van der Waals surface area contributed by atoms with Crippen molar-refractivity contribution in [1.82, 2.24) is 5.32 Å². The van der Waals surface area contributed by atoms with Gasteiger partial charge < -0.3 is 17.0 Å². The second-order valence-corrected chi connectivity index (χ2v) is 2.14. The van der Waals surface area contributed by atoms with Gasteiger partial charge in [0.15, 0.2) is 0 Å². The molecule has 1 fully saturated rings. The van der Waals surface area contributed by atoms with E-state index in [-0.39, 0.29) is 68.9 Å². The third-order valence-corrected chi connectivity index (χ3v) is 1.47. The maximum absolute atomic E-state index is 5.25. The Bertz CT molecular complexity index is 71.3. The molecule has 1 aliphatic rings. The molecule has 1 heterocycles. The summed E-state index contributed by atoms with van der Waals surface area (Å²) in [5, 5.41) is 3.25. The van der Waals surface area contributed by atoms with Crippen LogP contribution in [0.4, 0.5) is 0 Å².